The maximum absolute atomic E-state index is 12.7. The Balaban J connectivity index is 1.32. The van der Waals surface area contributed by atoms with Gasteiger partial charge in [0.1, 0.15) is 0 Å². The van der Waals surface area contributed by atoms with Crippen LogP contribution in [0.5, 0.6) is 0 Å². The highest BCUT2D eigenvalue weighted by atomic mass is 32.1. The predicted molar refractivity (Wildman–Crippen MR) is 109 cm³/mol. The lowest BCUT2D eigenvalue weighted by atomic mass is 9.90. The van der Waals surface area contributed by atoms with Crippen LogP contribution >= 0.6 is 11.3 Å². The number of nitrogens with zero attached hydrogens (tertiary/aromatic N) is 1. The smallest absolute Gasteiger partial charge is 0.228 e. The van der Waals surface area contributed by atoms with Crippen LogP contribution in [-0.2, 0) is 11.3 Å². The summed E-state index contributed by atoms with van der Waals surface area (Å²) in [5.41, 5.74) is 5.02. The second kappa shape index (κ2) is 6.82. The third-order valence-corrected chi connectivity index (χ3v) is 7.19. The summed E-state index contributed by atoms with van der Waals surface area (Å²) < 4.78 is 0. The van der Waals surface area contributed by atoms with E-state index in [-0.39, 0.29) is 17.2 Å². The predicted octanol–water partition coefficient (Wildman–Crippen LogP) is 4.91. The molecule has 1 saturated carbocycles. The average molecular weight is 369 g/mol. The molecule has 4 heteroatoms. The van der Waals surface area contributed by atoms with E-state index in [1.54, 1.807) is 0 Å². The number of hydrogen-bond donors (Lipinski definition) is 1. The Morgan fingerprint density at radius 1 is 1.19 bits per heavy atom. The molecule has 0 radical (unpaired) electrons. The molecule has 1 spiro atoms. The topological polar surface area (TPSA) is 32.3 Å². The zero-order chi connectivity index (χ0) is 18.3. The summed E-state index contributed by atoms with van der Waals surface area (Å²) in [7, 11) is 0. The minimum absolute atomic E-state index is 0.203. The standard InChI is InChI=1S/C22H28N2OS/c1-15-10-16(2)12-18(11-15)23-21(25)19-13-22(19)5-7-24(8-6-22)14-20-17(3)4-9-26-20/h4,9-12,19H,5-8,13-14H2,1-3H3,(H,23,25). The minimum atomic E-state index is 0.203. The zero-order valence-corrected chi connectivity index (χ0v) is 16.8. The van der Waals surface area contributed by atoms with E-state index in [0.717, 1.165) is 44.6 Å². The van der Waals surface area contributed by atoms with Crippen LogP contribution in [0, 0.1) is 32.1 Å². The van der Waals surface area contributed by atoms with Crippen LogP contribution in [0.15, 0.2) is 29.6 Å². The molecule has 1 atom stereocenters. The van der Waals surface area contributed by atoms with Gasteiger partial charge in [0, 0.05) is 23.0 Å². The fourth-order valence-electron chi connectivity index (χ4n) is 4.47. The van der Waals surface area contributed by atoms with Gasteiger partial charge in [-0.1, -0.05) is 6.07 Å². The SMILES string of the molecule is Cc1cc(C)cc(NC(=O)C2CC23CCN(Cc2sccc2C)CC3)c1. The fourth-order valence-corrected chi connectivity index (χ4v) is 5.42. The first-order valence-electron chi connectivity index (χ1n) is 9.60. The van der Waals surface area contributed by atoms with Crippen LogP contribution in [-0.4, -0.2) is 23.9 Å². The van der Waals surface area contributed by atoms with E-state index >= 15 is 0 Å². The second-order valence-electron chi connectivity index (χ2n) is 8.29. The van der Waals surface area contributed by atoms with E-state index in [4.69, 9.17) is 0 Å². The quantitative estimate of drug-likeness (QED) is 0.831. The van der Waals surface area contributed by atoms with E-state index in [1.807, 2.05) is 11.3 Å². The highest BCUT2D eigenvalue weighted by Gasteiger charge is 2.58. The van der Waals surface area contributed by atoms with Crippen molar-refractivity contribution in [2.75, 3.05) is 18.4 Å². The van der Waals surface area contributed by atoms with Crippen molar-refractivity contribution in [3.05, 3.63) is 51.2 Å². The van der Waals surface area contributed by atoms with Gasteiger partial charge in [-0.2, -0.15) is 0 Å². The molecule has 2 heterocycles. The van der Waals surface area contributed by atoms with Crippen molar-refractivity contribution in [3.63, 3.8) is 0 Å². The van der Waals surface area contributed by atoms with Gasteiger partial charge in [-0.05, 0) is 98.8 Å². The van der Waals surface area contributed by atoms with E-state index < -0.39 is 0 Å². The number of carbonyl (C=O) groups excluding carboxylic acids is 1. The molecule has 0 bridgehead atoms. The monoisotopic (exact) mass is 368 g/mol. The third kappa shape index (κ3) is 3.58. The van der Waals surface area contributed by atoms with Gasteiger partial charge >= 0.3 is 0 Å². The van der Waals surface area contributed by atoms with Crippen molar-refractivity contribution in [2.24, 2.45) is 11.3 Å². The number of rotatable bonds is 4. The lowest BCUT2D eigenvalue weighted by Gasteiger charge is -2.32. The Bertz CT molecular complexity index is 797. The largest absolute Gasteiger partial charge is 0.326 e. The first kappa shape index (κ1) is 17.7. The third-order valence-electron chi connectivity index (χ3n) is 6.18. The van der Waals surface area contributed by atoms with Crippen LogP contribution in [0.1, 0.15) is 40.8 Å². The van der Waals surface area contributed by atoms with Crippen molar-refractivity contribution in [3.8, 4) is 0 Å². The summed E-state index contributed by atoms with van der Waals surface area (Å²) in [5, 5.41) is 5.35. The van der Waals surface area contributed by atoms with Crippen LogP contribution < -0.4 is 5.32 Å². The van der Waals surface area contributed by atoms with Crippen molar-refractivity contribution >= 4 is 22.9 Å². The molecule has 4 rings (SSSR count). The number of thiophene rings is 1. The Labute approximate surface area is 160 Å². The lowest BCUT2D eigenvalue weighted by Crippen LogP contribution is -2.35. The van der Waals surface area contributed by atoms with Crippen molar-refractivity contribution < 1.29 is 4.79 Å². The molecule has 1 aromatic heterocycles. The minimum Gasteiger partial charge on any atom is -0.326 e. The molecule has 3 nitrogen and oxygen atoms in total. The average Bonchev–Trinajstić information content (AvgIpc) is 3.14. The van der Waals surface area contributed by atoms with Gasteiger partial charge in [-0.15, -0.1) is 11.3 Å². The highest BCUT2D eigenvalue weighted by Crippen LogP contribution is 2.59. The van der Waals surface area contributed by atoms with Crippen molar-refractivity contribution in [1.29, 1.82) is 0 Å². The first-order valence-corrected chi connectivity index (χ1v) is 10.5. The normalized spacial score (nSPS) is 21.7. The second-order valence-corrected chi connectivity index (χ2v) is 9.29. The van der Waals surface area contributed by atoms with Gasteiger partial charge in [0.05, 0.1) is 0 Å². The molecular formula is C22H28N2OS. The van der Waals surface area contributed by atoms with Gasteiger partial charge < -0.3 is 5.32 Å². The van der Waals surface area contributed by atoms with Gasteiger partial charge in [0.2, 0.25) is 5.91 Å². The number of amides is 1. The number of piperidine rings is 1. The maximum atomic E-state index is 12.7. The molecule has 1 unspecified atom stereocenters. The van der Waals surface area contributed by atoms with Crippen LogP contribution in [0.4, 0.5) is 5.69 Å². The van der Waals surface area contributed by atoms with E-state index in [0.29, 0.717) is 0 Å². The number of hydrogen-bond acceptors (Lipinski definition) is 3. The zero-order valence-electron chi connectivity index (χ0n) is 16.0. The Morgan fingerprint density at radius 3 is 2.50 bits per heavy atom. The molecule has 1 amide bonds. The van der Waals surface area contributed by atoms with Gasteiger partial charge in [-0.25, -0.2) is 0 Å². The van der Waals surface area contributed by atoms with E-state index in [1.165, 1.54) is 21.6 Å². The number of likely N-dealkylation sites (tertiary alicyclic amines) is 1. The number of carbonyl (C=O) groups is 1. The number of aryl methyl sites for hydroxylation is 3. The summed E-state index contributed by atoms with van der Waals surface area (Å²) >= 11 is 1.86. The van der Waals surface area contributed by atoms with E-state index in [2.05, 4.69) is 60.6 Å². The summed E-state index contributed by atoms with van der Waals surface area (Å²) in [6, 6.07) is 8.47. The summed E-state index contributed by atoms with van der Waals surface area (Å²) in [6.07, 6.45) is 3.38. The van der Waals surface area contributed by atoms with Gasteiger partial charge in [0.15, 0.2) is 0 Å². The van der Waals surface area contributed by atoms with Gasteiger partial charge in [0.25, 0.3) is 0 Å². The molecule has 2 aliphatic rings. The Morgan fingerprint density at radius 2 is 1.88 bits per heavy atom. The Kier molecular flexibility index (Phi) is 4.66. The summed E-state index contributed by atoms with van der Waals surface area (Å²) in [5.74, 6) is 0.423. The molecule has 26 heavy (non-hydrogen) atoms. The highest BCUT2D eigenvalue weighted by molar-refractivity contribution is 7.10. The summed E-state index contributed by atoms with van der Waals surface area (Å²) in [4.78, 5) is 16.8. The van der Waals surface area contributed by atoms with Crippen LogP contribution in [0.3, 0.4) is 0 Å². The summed E-state index contributed by atoms with van der Waals surface area (Å²) in [6.45, 7) is 9.65. The van der Waals surface area contributed by atoms with Gasteiger partial charge in [-0.3, -0.25) is 9.69 Å². The van der Waals surface area contributed by atoms with E-state index in [9.17, 15) is 4.79 Å². The molecule has 1 saturated heterocycles. The molecule has 1 aliphatic carbocycles. The molecule has 1 aromatic carbocycles. The molecule has 138 valence electrons. The number of anilines is 1. The molecular weight excluding hydrogens is 340 g/mol. The molecule has 2 fully saturated rings. The van der Waals surface area contributed by atoms with Crippen molar-refractivity contribution in [2.45, 2.75) is 46.6 Å². The van der Waals surface area contributed by atoms with Crippen LogP contribution in [0.25, 0.3) is 0 Å². The lowest BCUT2D eigenvalue weighted by molar-refractivity contribution is -0.118. The van der Waals surface area contributed by atoms with Crippen LogP contribution in [0.2, 0.25) is 0 Å². The number of benzene rings is 1. The number of nitrogens with one attached hydrogen (secondary N) is 1. The Hall–Kier alpha value is -1.65. The first-order chi connectivity index (χ1) is 12.4. The molecule has 1 N–H and O–H groups in total. The fraction of sp³-hybridized carbons (Fsp3) is 0.500. The maximum Gasteiger partial charge on any atom is 0.228 e. The van der Waals surface area contributed by atoms with Crippen molar-refractivity contribution in [1.82, 2.24) is 4.90 Å². The molecule has 2 aromatic rings. The molecule has 1 aliphatic heterocycles.